The third-order valence-electron chi connectivity index (χ3n) is 4.78. The Bertz CT molecular complexity index is 465. The first-order valence-electron chi connectivity index (χ1n) is 6.83. The van der Waals surface area contributed by atoms with E-state index in [0.717, 1.165) is 18.8 Å². The highest BCUT2D eigenvalue weighted by Crippen LogP contribution is 2.48. The van der Waals surface area contributed by atoms with Crippen LogP contribution in [0.25, 0.3) is 0 Å². The largest absolute Gasteiger partial charge is 0.459 e. The van der Waals surface area contributed by atoms with Crippen molar-refractivity contribution < 1.29 is 9.53 Å². The van der Waals surface area contributed by atoms with Crippen molar-refractivity contribution in [2.24, 2.45) is 5.92 Å². The van der Waals surface area contributed by atoms with Gasteiger partial charge in [0.05, 0.1) is 5.56 Å². The summed E-state index contributed by atoms with van der Waals surface area (Å²) in [4.78, 5) is 14.6. The summed E-state index contributed by atoms with van der Waals surface area (Å²) in [6, 6.07) is 10.7. The molecule has 5 atom stereocenters. The van der Waals surface area contributed by atoms with Gasteiger partial charge in [-0.25, -0.2) is 4.79 Å². The lowest BCUT2D eigenvalue weighted by molar-refractivity contribution is -0.0359. The van der Waals surface area contributed by atoms with Gasteiger partial charge in [0.1, 0.15) is 6.10 Å². The van der Waals surface area contributed by atoms with Crippen LogP contribution in [0.2, 0.25) is 0 Å². The zero-order valence-electron chi connectivity index (χ0n) is 10.3. The van der Waals surface area contributed by atoms with Gasteiger partial charge in [-0.3, -0.25) is 4.90 Å². The standard InChI is InChI=1S/C15H17NO2/c17-15(10-4-2-1-3-5-10)18-13-7-12-6-11-9-16(12)14(11)8-13/h1-5,11-14H,6-9H2/t11?,12-,13+,14-/m1/s1. The molecule has 4 aliphatic rings. The minimum Gasteiger partial charge on any atom is -0.459 e. The first kappa shape index (κ1) is 10.6. The highest BCUT2D eigenvalue weighted by molar-refractivity contribution is 5.89. The molecule has 4 fully saturated rings. The van der Waals surface area contributed by atoms with E-state index in [1.54, 1.807) is 0 Å². The average Bonchev–Trinajstić information content (AvgIpc) is 2.90. The normalized spacial score (nSPS) is 40.1. The van der Waals surface area contributed by atoms with Crippen molar-refractivity contribution in [3.63, 3.8) is 0 Å². The third kappa shape index (κ3) is 1.50. The van der Waals surface area contributed by atoms with Crippen LogP contribution in [0.1, 0.15) is 29.6 Å². The number of nitrogens with zero attached hydrogens (tertiary/aromatic N) is 1. The first-order valence-corrected chi connectivity index (χ1v) is 6.83. The van der Waals surface area contributed by atoms with E-state index in [1.807, 2.05) is 30.3 Å². The summed E-state index contributed by atoms with van der Waals surface area (Å²) in [6.45, 7) is 1.29. The van der Waals surface area contributed by atoms with E-state index in [0.29, 0.717) is 17.6 Å². The molecule has 0 aromatic heterocycles. The first-order chi connectivity index (χ1) is 8.81. The fraction of sp³-hybridized carbons (Fsp3) is 0.533. The third-order valence-corrected chi connectivity index (χ3v) is 4.78. The van der Waals surface area contributed by atoms with Crippen molar-refractivity contribution in [1.82, 2.24) is 4.90 Å². The van der Waals surface area contributed by atoms with Gasteiger partial charge in [0.2, 0.25) is 0 Å². The van der Waals surface area contributed by atoms with Crippen LogP contribution in [-0.2, 0) is 4.74 Å². The van der Waals surface area contributed by atoms with Crippen LogP contribution >= 0.6 is 0 Å². The maximum absolute atomic E-state index is 12.0. The molecule has 94 valence electrons. The van der Waals surface area contributed by atoms with E-state index in [9.17, 15) is 4.79 Å². The topological polar surface area (TPSA) is 29.5 Å². The molecule has 0 amide bonds. The number of esters is 1. The number of ether oxygens (including phenoxy) is 1. The van der Waals surface area contributed by atoms with Crippen molar-refractivity contribution in [1.29, 1.82) is 0 Å². The van der Waals surface area contributed by atoms with E-state index in [1.165, 1.54) is 13.0 Å². The lowest BCUT2D eigenvalue weighted by Crippen LogP contribution is -2.55. The lowest BCUT2D eigenvalue weighted by atomic mass is 9.88. The highest BCUT2D eigenvalue weighted by atomic mass is 16.5. The molecule has 4 saturated heterocycles. The minimum atomic E-state index is -0.162. The Hall–Kier alpha value is -1.35. The summed E-state index contributed by atoms with van der Waals surface area (Å²) in [5, 5.41) is 0. The second-order valence-corrected chi connectivity index (χ2v) is 5.78. The smallest absolute Gasteiger partial charge is 0.338 e. The second kappa shape index (κ2) is 3.82. The van der Waals surface area contributed by atoms with Gasteiger partial charge in [0.15, 0.2) is 0 Å². The Labute approximate surface area is 107 Å². The van der Waals surface area contributed by atoms with Crippen molar-refractivity contribution in [3.8, 4) is 0 Å². The van der Waals surface area contributed by atoms with Crippen LogP contribution in [0.5, 0.6) is 0 Å². The molecule has 4 aliphatic heterocycles. The van der Waals surface area contributed by atoms with Gasteiger partial charge < -0.3 is 4.74 Å². The van der Waals surface area contributed by atoms with Crippen LogP contribution in [0.4, 0.5) is 0 Å². The molecule has 4 heterocycles. The molecule has 18 heavy (non-hydrogen) atoms. The van der Waals surface area contributed by atoms with Gasteiger partial charge in [-0.05, 0) is 24.5 Å². The van der Waals surface area contributed by atoms with Crippen LogP contribution in [0, 0.1) is 5.92 Å². The van der Waals surface area contributed by atoms with Gasteiger partial charge in [0.25, 0.3) is 0 Å². The highest BCUT2D eigenvalue weighted by Gasteiger charge is 2.55. The summed E-state index contributed by atoms with van der Waals surface area (Å²) in [6.07, 6.45) is 3.53. The summed E-state index contributed by atoms with van der Waals surface area (Å²) in [5.41, 5.74) is 0.667. The maximum atomic E-state index is 12.0. The number of carbonyl (C=O) groups excluding carboxylic acids is 1. The molecule has 0 aliphatic carbocycles. The van der Waals surface area contributed by atoms with E-state index in [-0.39, 0.29) is 12.1 Å². The van der Waals surface area contributed by atoms with Gasteiger partial charge >= 0.3 is 5.97 Å². The Morgan fingerprint density at radius 1 is 1.17 bits per heavy atom. The number of benzene rings is 1. The van der Waals surface area contributed by atoms with Gasteiger partial charge in [-0.15, -0.1) is 0 Å². The summed E-state index contributed by atoms with van der Waals surface area (Å²) >= 11 is 0. The summed E-state index contributed by atoms with van der Waals surface area (Å²) < 4.78 is 5.66. The van der Waals surface area contributed by atoms with Crippen LogP contribution in [0.15, 0.2) is 30.3 Å². The Kier molecular flexibility index (Phi) is 2.24. The molecule has 2 unspecified atom stereocenters. The van der Waals surface area contributed by atoms with Gasteiger partial charge in [-0.2, -0.15) is 0 Å². The lowest BCUT2D eigenvalue weighted by Gasteiger charge is -2.46. The van der Waals surface area contributed by atoms with E-state index < -0.39 is 0 Å². The van der Waals surface area contributed by atoms with E-state index >= 15 is 0 Å². The molecule has 1 aromatic rings. The van der Waals surface area contributed by atoms with Crippen LogP contribution < -0.4 is 0 Å². The zero-order chi connectivity index (χ0) is 12.1. The molecule has 0 spiro atoms. The fourth-order valence-electron chi connectivity index (χ4n) is 3.92. The summed E-state index contributed by atoms with van der Waals surface area (Å²) in [5.74, 6) is 0.723. The molecule has 5 rings (SSSR count). The van der Waals surface area contributed by atoms with Crippen LogP contribution in [0.3, 0.4) is 0 Å². The Balaban J connectivity index is 1.43. The predicted molar refractivity (Wildman–Crippen MR) is 67.3 cm³/mol. The molecule has 1 aromatic carbocycles. The molecule has 4 bridgehead atoms. The van der Waals surface area contributed by atoms with Gasteiger partial charge in [-0.1, -0.05) is 18.2 Å². The molecular formula is C15H17NO2. The molecule has 3 heteroatoms. The monoisotopic (exact) mass is 243 g/mol. The maximum Gasteiger partial charge on any atom is 0.338 e. The number of carbonyl (C=O) groups is 1. The second-order valence-electron chi connectivity index (χ2n) is 5.78. The minimum absolute atomic E-state index is 0.134. The van der Waals surface area contributed by atoms with Crippen molar-refractivity contribution in [2.45, 2.75) is 37.5 Å². The summed E-state index contributed by atoms with van der Waals surface area (Å²) in [7, 11) is 0. The molecular weight excluding hydrogens is 226 g/mol. The van der Waals surface area contributed by atoms with E-state index in [4.69, 9.17) is 4.74 Å². The molecule has 3 nitrogen and oxygen atoms in total. The number of piperidine rings is 1. The Morgan fingerprint density at radius 2 is 2.00 bits per heavy atom. The average molecular weight is 243 g/mol. The predicted octanol–water partition coefficient (Wildman–Crippen LogP) is 2.08. The SMILES string of the molecule is O=C(O[C@H]1C[C@H]2CC3CN2[C@@H]3C1)c1ccccc1. The molecule has 0 saturated carbocycles. The van der Waals surface area contributed by atoms with Crippen molar-refractivity contribution in [2.75, 3.05) is 6.54 Å². The number of hydrogen-bond donors (Lipinski definition) is 0. The fourth-order valence-corrected chi connectivity index (χ4v) is 3.92. The van der Waals surface area contributed by atoms with Gasteiger partial charge in [0, 0.05) is 31.5 Å². The zero-order valence-corrected chi connectivity index (χ0v) is 10.3. The van der Waals surface area contributed by atoms with Crippen molar-refractivity contribution in [3.05, 3.63) is 35.9 Å². The van der Waals surface area contributed by atoms with Crippen LogP contribution in [-0.4, -0.2) is 35.6 Å². The van der Waals surface area contributed by atoms with Crippen molar-refractivity contribution >= 4 is 5.97 Å². The Morgan fingerprint density at radius 3 is 2.78 bits per heavy atom. The van der Waals surface area contributed by atoms with E-state index in [2.05, 4.69) is 4.90 Å². The number of hydrogen-bond acceptors (Lipinski definition) is 3. The quantitative estimate of drug-likeness (QED) is 0.745. The molecule has 0 radical (unpaired) electrons. The molecule has 0 N–H and O–H groups in total. The number of rotatable bonds is 2.